The van der Waals surface area contributed by atoms with E-state index < -0.39 is 6.04 Å². The molecule has 3 amide bonds. The summed E-state index contributed by atoms with van der Waals surface area (Å²) >= 11 is 0. The first kappa shape index (κ1) is 22.6. The molecular weight excluding hydrogens is 408 g/mol. The molecule has 174 valence electrons. The van der Waals surface area contributed by atoms with Gasteiger partial charge in [0.1, 0.15) is 11.8 Å². The number of ether oxygens (including phenoxy) is 1. The van der Waals surface area contributed by atoms with Gasteiger partial charge in [-0.2, -0.15) is 0 Å². The van der Waals surface area contributed by atoms with Gasteiger partial charge in [0.15, 0.2) is 0 Å². The Morgan fingerprint density at radius 2 is 1.84 bits per heavy atom. The Bertz CT molecular complexity index is 863. The van der Waals surface area contributed by atoms with Gasteiger partial charge in [-0.25, -0.2) is 0 Å². The molecule has 2 aliphatic heterocycles. The number of carbonyl (C=O) groups excluding carboxylic acids is 3. The van der Waals surface area contributed by atoms with Crippen molar-refractivity contribution in [3.8, 4) is 5.75 Å². The van der Waals surface area contributed by atoms with Crippen molar-refractivity contribution in [3.63, 3.8) is 0 Å². The lowest BCUT2D eigenvalue weighted by molar-refractivity contribution is -0.138. The molecule has 2 heterocycles. The monoisotopic (exact) mass is 442 g/mol. The number of carbonyl (C=O) groups is 3. The SMILES string of the molecule is COc1cccc(C(=O)N2CC(N(C(=O)C(C)C)C3CC3)CC2C(=O)N2CCNCC2)c1. The third-order valence-electron chi connectivity index (χ3n) is 6.65. The fraction of sp³-hybridized carbons (Fsp3) is 0.625. The highest BCUT2D eigenvalue weighted by atomic mass is 16.5. The molecule has 0 bridgehead atoms. The first-order valence-corrected chi connectivity index (χ1v) is 11.7. The van der Waals surface area contributed by atoms with Crippen LogP contribution in [0.2, 0.25) is 0 Å². The number of nitrogens with zero attached hydrogens (tertiary/aromatic N) is 3. The minimum atomic E-state index is -0.557. The van der Waals surface area contributed by atoms with Crippen molar-refractivity contribution in [1.82, 2.24) is 20.0 Å². The van der Waals surface area contributed by atoms with Gasteiger partial charge in [-0.1, -0.05) is 19.9 Å². The summed E-state index contributed by atoms with van der Waals surface area (Å²) in [5.41, 5.74) is 0.497. The van der Waals surface area contributed by atoms with Crippen LogP contribution in [-0.4, -0.2) is 90.4 Å². The number of likely N-dealkylation sites (tertiary alicyclic amines) is 1. The topological polar surface area (TPSA) is 82.2 Å². The molecule has 32 heavy (non-hydrogen) atoms. The maximum Gasteiger partial charge on any atom is 0.254 e. The van der Waals surface area contributed by atoms with Crippen LogP contribution >= 0.6 is 0 Å². The first-order valence-electron chi connectivity index (χ1n) is 11.7. The summed E-state index contributed by atoms with van der Waals surface area (Å²) in [5, 5.41) is 3.27. The molecular formula is C24H34N4O4. The van der Waals surface area contributed by atoms with E-state index in [1.54, 1.807) is 36.3 Å². The summed E-state index contributed by atoms with van der Waals surface area (Å²) in [4.78, 5) is 45.6. The number of piperazine rings is 1. The molecule has 3 aliphatic rings. The zero-order valence-electron chi connectivity index (χ0n) is 19.3. The number of hydrogen-bond donors (Lipinski definition) is 1. The lowest BCUT2D eigenvalue weighted by atomic mass is 10.1. The minimum absolute atomic E-state index is 0.0158. The number of benzene rings is 1. The second-order valence-corrected chi connectivity index (χ2v) is 9.30. The highest BCUT2D eigenvalue weighted by molar-refractivity contribution is 5.98. The molecule has 4 rings (SSSR count). The lowest BCUT2D eigenvalue weighted by Gasteiger charge is -2.32. The second kappa shape index (κ2) is 9.48. The van der Waals surface area contributed by atoms with Gasteiger partial charge >= 0.3 is 0 Å². The standard InChI is InChI=1S/C24H34N4O4/c1-16(2)22(29)28(18-7-8-18)19-14-21(24(31)26-11-9-25-10-12-26)27(15-19)23(30)17-5-4-6-20(13-17)32-3/h4-6,13,16,18-19,21,25H,7-12,14-15H2,1-3H3. The Labute approximate surface area is 189 Å². The van der Waals surface area contributed by atoms with Crippen molar-refractivity contribution >= 4 is 17.7 Å². The Kier molecular flexibility index (Phi) is 6.69. The van der Waals surface area contributed by atoms with Crippen LogP contribution in [0, 0.1) is 5.92 Å². The summed E-state index contributed by atoms with van der Waals surface area (Å²) in [7, 11) is 1.57. The van der Waals surface area contributed by atoms with Crippen LogP contribution in [0.25, 0.3) is 0 Å². The number of amides is 3. The Balaban J connectivity index is 1.62. The summed E-state index contributed by atoms with van der Waals surface area (Å²) in [6.45, 7) is 6.99. The van der Waals surface area contributed by atoms with Crippen molar-refractivity contribution in [2.75, 3.05) is 39.8 Å². The Hall–Kier alpha value is -2.61. The van der Waals surface area contributed by atoms with Crippen molar-refractivity contribution in [2.45, 2.75) is 51.2 Å². The van der Waals surface area contributed by atoms with E-state index in [1.807, 2.05) is 23.6 Å². The predicted molar refractivity (Wildman–Crippen MR) is 120 cm³/mol. The van der Waals surface area contributed by atoms with Gasteiger partial charge in [-0.05, 0) is 37.5 Å². The zero-order valence-corrected chi connectivity index (χ0v) is 19.3. The number of rotatable bonds is 6. The van der Waals surface area contributed by atoms with Gasteiger partial charge in [0.25, 0.3) is 5.91 Å². The number of methoxy groups -OCH3 is 1. The molecule has 8 nitrogen and oxygen atoms in total. The van der Waals surface area contributed by atoms with E-state index in [9.17, 15) is 14.4 Å². The highest BCUT2D eigenvalue weighted by Gasteiger charge is 2.48. The quantitative estimate of drug-likeness (QED) is 0.719. The fourth-order valence-corrected chi connectivity index (χ4v) is 4.80. The van der Waals surface area contributed by atoms with Crippen LogP contribution in [0.15, 0.2) is 24.3 Å². The van der Waals surface area contributed by atoms with E-state index in [0.717, 1.165) is 25.9 Å². The van der Waals surface area contributed by atoms with Crippen molar-refractivity contribution in [2.24, 2.45) is 5.92 Å². The van der Waals surface area contributed by atoms with Crippen LogP contribution in [0.3, 0.4) is 0 Å². The van der Waals surface area contributed by atoms with Gasteiger partial charge in [-0.15, -0.1) is 0 Å². The van der Waals surface area contributed by atoms with Gasteiger partial charge in [0.05, 0.1) is 13.2 Å². The second-order valence-electron chi connectivity index (χ2n) is 9.30. The van der Waals surface area contributed by atoms with E-state index in [0.29, 0.717) is 37.4 Å². The van der Waals surface area contributed by atoms with E-state index in [2.05, 4.69) is 5.32 Å². The van der Waals surface area contributed by atoms with E-state index >= 15 is 0 Å². The maximum atomic E-state index is 13.6. The smallest absolute Gasteiger partial charge is 0.254 e. The molecule has 2 saturated heterocycles. The predicted octanol–water partition coefficient (Wildman–Crippen LogP) is 1.36. The Morgan fingerprint density at radius 3 is 2.47 bits per heavy atom. The van der Waals surface area contributed by atoms with Gasteiger partial charge in [0.2, 0.25) is 11.8 Å². The normalized spacial score (nSPS) is 23.4. The van der Waals surface area contributed by atoms with Crippen LogP contribution in [0.4, 0.5) is 0 Å². The minimum Gasteiger partial charge on any atom is -0.497 e. The molecule has 0 spiro atoms. The Morgan fingerprint density at radius 1 is 1.12 bits per heavy atom. The van der Waals surface area contributed by atoms with Crippen LogP contribution in [0.5, 0.6) is 5.75 Å². The van der Waals surface area contributed by atoms with Crippen molar-refractivity contribution < 1.29 is 19.1 Å². The van der Waals surface area contributed by atoms with E-state index in [4.69, 9.17) is 4.74 Å². The van der Waals surface area contributed by atoms with Crippen molar-refractivity contribution in [3.05, 3.63) is 29.8 Å². The maximum absolute atomic E-state index is 13.6. The molecule has 1 aromatic rings. The molecule has 1 aliphatic carbocycles. The average molecular weight is 443 g/mol. The molecule has 1 N–H and O–H groups in total. The molecule has 0 aromatic heterocycles. The third-order valence-corrected chi connectivity index (χ3v) is 6.65. The fourth-order valence-electron chi connectivity index (χ4n) is 4.80. The largest absolute Gasteiger partial charge is 0.497 e. The molecule has 2 atom stereocenters. The van der Waals surface area contributed by atoms with Gasteiger partial charge in [0, 0.05) is 50.2 Å². The van der Waals surface area contributed by atoms with Gasteiger partial charge in [-0.3, -0.25) is 14.4 Å². The van der Waals surface area contributed by atoms with Crippen LogP contribution < -0.4 is 10.1 Å². The number of nitrogens with one attached hydrogen (secondary N) is 1. The third kappa shape index (κ3) is 4.60. The first-order chi connectivity index (χ1) is 15.4. The highest BCUT2D eigenvalue weighted by Crippen LogP contribution is 2.35. The summed E-state index contributed by atoms with van der Waals surface area (Å²) in [6, 6.07) is 6.58. The van der Waals surface area contributed by atoms with Crippen LogP contribution in [-0.2, 0) is 9.59 Å². The van der Waals surface area contributed by atoms with Crippen molar-refractivity contribution in [1.29, 1.82) is 0 Å². The van der Waals surface area contributed by atoms with E-state index in [1.165, 1.54) is 0 Å². The molecule has 1 saturated carbocycles. The number of hydrogen-bond acceptors (Lipinski definition) is 5. The van der Waals surface area contributed by atoms with E-state index in [-0.39, 0.29) is 35.7 Å². The lowest BCUT2D eigenvalue weighted by Crippen LogP contribution is -2.53. The van der Waals surface area contributed by atoms with Crippen LogP contribution in [0.1, 0.15) is 43.5 Å². The molecule has 1 aromatic carbocycles. The molecule has 3 fully saturated rings. The average Bonchev–Trinajstić information content (AvgIpc) is 3.56. The van der Waals surface area contributed by atoms with Gasteiger partial charge < -0.3 is 24.8 Å². The molecule has 0 radical (unpaired) electrons. The summed E-state index contributed by atoms with van der Waals surface area (Å²) in [5.74, 6) is 0.402. The molecule has 2 unspecified atom stereocenters. The summed E-state index contributed by atoms with van der Waals surface area (Å²) < 4.78 is 5.29. The molecule has 8 heteroatoms. The summed E-state index contributed by atoms with van der Waals surface area (Å²) in [6.07, 6.45) is 2.48. The zero-order chi connectivity index (χ0) is 22.8.